The van der Waals surface area contributed by atoms with Crippen molar-refractivity contribution in [1.82, 2.24) is 9.97 Å². The first-order chi connectivity index (χ1) is 11.1. The third kappa shape index (κ3) is 4.05. The lowest BCUT2D eigenvalue weighted by Crippen LogP contribution is -2.30. The quantitative estimate of drug-likeness (QED) is 0.548. The van der Waals surface area contributed by atoms with E-state index in [9.17, 15) is 17.9 Å². The summed E-state index contributed by atoms with van der Waals surface area (Å²) in [7, 11) is -3.64. The molecule has 0 saturated carbocycles. The summed E-state index contributed by atoms with van der Waals surface area (Å²) in [4.78, 5) is 7.72. The van der Waals surface area contributed by atoms with Gasteiger partial charge in [-0.05, 0) is 34.5 Å². The van der Waals surface area contributed by atoms with Crippen LogP contribution in [0, 0.1) is 5.82 Å². The molecule has 0 fully saturated rings. The van der Waals surface area contributed by atoms with E-state index in [-0.39, 0.29) is 29.0 Å². The van der Waals surface area contributed by atoms with Gasteiger partial charge < -0.3 is 10.4 Å². The van der Waals surface area contributed by atoms with Crippen LogP contribution in [0.25, 0.3) is 0 Å². The van der Waals surface area contributed by atoms with Gasteiger partial charge in [0.2, 0.25) is 15.3 Å². The van der Waals surface area contributed by atoms with Crippen LogP contribution in [0.2, 0.25) is 5.28 Å². The van der Waals surface area contributed by atoms with Gasteiger partial charge in [0, 0.05) is 24.9 Å². The summed E-state index contributed by atoms with van der Waals surface area (Å²) in [6.07, 6.45) is 2.40. The fourth-order valence-electron chi connectivity index (χ4n) is 2.00. The van der Waals surface area contributed by atoms with Gasteiger partial charge in [-0.25, -0.2) is 17.8 Å². The molecule has 0 unspecified atom stereocenters. The number of aromatic nitrogens is 2. The predicted molar refractivity (Wildman–Crippen MR) is 94.0 cm³/mol. The van der Waals surface area contributed by atoms with Gasteiger partial charge in [0.15, 0.2) is 11.6 Å². The number of rotatable bonds is 5. The molecule has 0 spiro atoms. The van der Waals surface area contributed by atoms with Crippen molar-refractivity contribution in [2.24, 2.45) is 0 Å². The van der Waals surface area contributed by atoms with Gasteiger partial charge in [0.25, 0.3) is 0 Å². The van der Waals surface area contributed by atoms with Crippen molar-refractivity contribution in [1.29, 1.82) is 0 Å². The molecule has 11 heteroatoms. The third-order valence-electron chi connectivity index (χ3n) is 2.99. The second-order valence-corrected chi connectivity index (χ2v) is 7.81. The topological polar surface area (TPSA) is 95.4 Å². The summed E-state index contributed by atoms with van der Waals surface area (Å²) in [6, 6.07) is 2.00. The molecule has 0 radical (unpaired) electrons. The zero-order chi connectivity index (χ0) is 18.1. The molecule has 130 valence electrons. The molecule has 0 bridgehead atoms. The lowest BCUT2D eigenvalue weighted by atomic mass is 10.2. The molecule has 0 aliphatic rings. The van der Waals surface area contributed by atoms with E-state index < -0.39 is 21.6 Å². The molecule has 1 heterocycles. The van der Waals surface area contributed by atoms with E-state index in [4.69, 9.17) is 11.6 Å². The maximum absolute atomic E-state index is 13.8. The van der Waals surface area contributed by atoms with Crippen LogP contribution >= 0.6 is 27.5 Å². The Hall–Kier alpha value is -1.65. The smallest absolute Gasteiger partial charge is 0.232 e. The van der Waals surface area contributed by atoms with E-state index in [2.05, 4.69) is 31.2 Å². The molecule has 2 N–H and O–H groups in total. The van der Waals surface area contributed by atoms with Crippen LogP contribution in [0.5, 0.6) is 5.75 Å². The van der Waals surface area contributed by atoms with Crippen molar-refractivity contribution in [3.63, 3.8) is 0 Å². The monoisotopic (exact) mass is 438 g/mol. The Morgan fingerprint density at radius 1 is 1.46 bits per heavy atom. The highest BCUT2D eigenvalue weighted by Crippen LogP contribution is 2.36. The normalized spacial score (nSPS) is 11.4. The number of anilines is 3. The third-order valence-corrected chi connectivity index (χ3v) is 5.01. The largest absolute Gasteiger partial charge is 0.505 e. The van der Waals surface area contributed by atoms with Crippen LogP contribution < -0.4 is 9.62 Å². The van der Waals surface area contributed by atoms with Crippen LogP contribution in [0.4, 0.5) is 21.6 Å². The maximum atomic E-state index is 13.8. The minimum absolute atomic E-state index is 0.0445. The van der Waals surface area contributed by atoms with Crippen molar-refractivity contribution in [2.45, 2.75) is 6.92 Å². The number of phenols is 1. The Morgan fingerprint density at radius 3 is 2.71 bits per heavy atom. The summed E-state index contributed by atoms with van der Waals surface area (Å²) in [5.41, 5.74) is 0.161. The van der Waals surface area contributed by atoms with Crippen LogP contribution in [-0.2, 0) is 10.0 Å². The second kappa shape index (κ2) is 7.08. The average Bonchev–Trinajstić information content (AvgIpc) is 2.47. The fourth-order valence-corrected chi connectivity index (χ4v) is 3.40. The second-order valence-electron chi connectivity index (χ2n) is 4.71. The Bertz CT molecular complexity index is 882. The molecular formula is C13H13BrClFN4O3S. The molecule has 24 heavy (non-hydrogen) atoms. The van der Waals surface area contributed by atoms with Crippen molar-refractivity contribution in [3.05, 3.63) is 33.9 Å². The van der Waals surface area contributed by atoms with E-state index in [1.807, 2.05) is 0 Å². The van der Waals surface area contributed by atoms with E-state index >= 15 is 0 Å². The summed E-state index contributed by atoms with van der Waals surface area (Å²) in [5.74, 6) is -1.37. The number of aromatic hydroxyl groups is 1. The van der Waals surface area contributed by atoms with Crippen LogP contribution in [-0.4, -0.2) is 36.3 Å². The first-order valence-electron chi connectivity index (χ1n) is 6.58. The van der Waals surface area contributed by atoms with Crippen molar-refractivity contribution >= 4 is 54.7 Å². The molecule has 0 amide bonds. The zero-order valence-electron chi connectivity index (χ0n) is 12.6. The molecule has 1 aromatic carbocycles. The lowest BCUT2D eigenvalue weighted by molar-refractivity contribution is 0.433. The van der Waals surface area contributed by atoms with Gasteiger partial charge in [0.05, 0.1) is 22.1 Å². The van der Waals surface area contributed by atoms with Gasteiger partial charge >= 0.3 is 0 Å². The fraction of sp³-hybridized carbons (Fsp3) is 0.231. The summed E-state index contributed by atoms with van der Waals surface area (Å²) in [6.45, 7) is 1.70. The van der Waals surface area contributed by atoms with Crippen molar-refractivity contribution < 1.29 is 17.9 Å². The van der Waals surface area contributed by atoms with Gasteiger partial charge in [-0.1, -0.05) is 0 Å². The van der Waals surface area contributed by atoms with Crippen molar-refractivity contribution in [2.75, 3.05) is 22.4 Å². The summed E-state index contributed by atoms with van der Waals surface area (Å²) < 4.78 is 39.1. The number of nitrogens with zero attached hydrogens (tertiary/aromatic N) is 3. The van der Waals surface area contributed by atoms with E-state index in [0.717, 1.165) is 22.7 Å². The Labute approximate surface area is 151 Å². The number of phenolic OH excluding ortho intramolecular Hbond substituents is 1. The molecule has 0 aliphatic heterocycles. The highest BCUT2D eigenvalue weighted by atomic mass is 79.9. The standard InChI is InChI=1S/C13H13BrClFN4O3S/c1-3-20(24(2,22)23)10-5-11(21)8(16)4-9(10)18-12-7(14)6-17-13(15)19-12/h4-6,21H,3H2,1-2H3,(H,17,18,19). The Balaban J connectivity index is 2.60. The van der Waals surface area contributed by atoms with Gasteiger partial charge in [-0.15, -0.1) is 0 Å². The van der Waals surface area contributed by atoms with Crippen LogP contribution in [0.1, 0.15) is 6.92 Å². The number of halogens is 3. The molecule has 0 atom stereocenters. The van der Waals surface area contributed by atoms with Gasteiger partial charge in [0.1, 0.15) is 5.82 Å². The molecule has 0 saturated heterocycles. The minimum atomic E-state index is -3.64. The molecule has 1 aromatic heterocycles. The van der Waals surface area contributed by atoms with E-state index in [1.165, 1.54) is 6.20 Å². The van der Waals surface area contributed by atoms with Crippen LogP contribution in [0.15, 0.2) is 22.8 Å². The zero-order valence-corrected chi connectivity index (χ0v) is 15.7. The highest BCUT2D eigenvalue weighted by Gasteiger charge is 2.22. The molecule has 2 rings (SSSR count). The molecule has 2 aromatic rings. The lowest BCUT2D eigenvalue weighted by Gasteiger charge is -2.24. The minimum Gasteiger partial charge on any atom is -0.505 e. The SMILES string of the molecule is CCN(c1cc(O)c(F)cc1Nc1nc(Cl)ncc1Br)S(C)(=O)=O. The maximum Gasteiger partial charge on any atom is 0.232 e. The van der Waals surface area contributed by atoms with Gasteiger partial charge in [-0.2, -0.15) is 4.98 Å². The first kappa shape index (κ1) is 18.7. The average molecular weight is 440 g/mol. The molecule has 0 aliphatic carbocycles. The number of nitrogens with one attached hydrogen (secondary N) is 1. The van der Waals surface area contributed by atoms with E-state index in [1.54, 1.807) is 6.92 Å². The van der Waals surface area contributed by atoms with E-state index in [0.29, 0.717) is 4.47 Å². The first-order valence-corrected chi connectivity index (χ1v) is 9.60. The number of sulfonamides is 1. The van der Waals surface area contributed by atoms with Crippen LogP contribution in [0.3, 0.4) is 0 Å². The number of hydrogen-bond acceptors (Lipinski definition) is 6. The molecule has 7 nitrogen and oxygen atoms in total. The Morgan fingerprint density at radius 2 is 2.12 bits per heavy atom. The highest BCUT2D eigenvalue weighted by molar-refractivity contribution is 9.10. The summed E-state index contributed by atoms with van der Waals surface area (Å²) in [5, 5.41) is 12.4. The predicted octanol–water partition coefficient (Wildman–Crippen LogP) is 3.27. The van der Waals surface area contributed by atoms with Gasteiger partial charge in [-0.3, -0.25) is 4.31 Å². The number of hydrogen-bond donors (Lipinski definition) is 2. The molecular weight excluding hydrogens is 427 g/mol. The summed E-state index contributed by atoms with van der Waals surface area (Å²) >= 11 is 8.96. The van der Waals surface area contributed by atoms with Crippen molar-refractivity contribution in [3.8, 4) is 5.75 Å². The Kier molecular flexibility index (Phi) is 5.51. The number of benzene rings is 1.